The van der Waals surface area contributed by atoms with Crippen LogP contribution < -0.4 is 10.2 Å². The molecule has 0 radical (unpaired) electrons. The molecule has 0 fully saturated rings. The summed E-state index contributed by atoms with van der Waals surface area (Å²) in [6.45, 7) is 5.70. The standard InChI is InChI=1S/C22H20F6N2O2/c1-20(2,3)19(32)30-7-6-12-4-5-16(11-17(12)30)29-18(31)13-8-14(21(23,24)25)10-15(9-13)22(26,27)28/h4-5,8-11H,6-7H2,1-3H3,(H,29,31). The van der Waals surface area contributed by atoms with E-state index in [1.54, 1.807) is 31.7 Å². The highest BCUT2D eigenvalue weighted by Gasteiger charge is 2.38. The lowest BCUT2D eigenvalue weighted by Gasteiger charge is -2.26. The third-order valence-corrected chi connectivity index (χ3v) is 4.98. The molecule has 32 heavy (non-hydrogen) atoms. The Labute approximate surface area is 180 Å². The van der Waals surface area contributed by atoms with E-state index >= 15 is 0 Å². The SMILES string of the molecule is CC(C)(C)C(=O)N1CCc2ccc(NC(=O)c3cc(C(F)(F)F)cc(C(F)(F)F)c3)cc21. The van der Waals surface area contributed by atoms with E-state index in [1.165, 1.54) is 12.1 Å². The van der Waals surface area contributed by atoms with Gasteiger partial charge in [0, 0.05) is 28.9 Å². The summed E-state index contributed by atoms with van der Waals surface area (Å²) in [5.41, 5.74) is -3.06. The first-order valence-corrected chi connectivity index (χ1v) is 9.63. The molecule has 0 bridgehead atoms. The van der Waals surface area contributed by atoms with Crippen molar-refractivity contribution in [1.82, 2.24) is 0 Å². The van der Waals surface area contributed by atoms with E-state index in [0.29, 0.717) is 30.8 Å². The van der Waals surface area contributed by atoms with Gasteiger partial charge >= 0.3 is 12.4 Å². The summed E-state index contributed by atoms with van der Waals surface area (Å²) in [6.07, 6.45) is -9.52. The summed E-state index contributed by atoms with van der Waals surface area (Å²) < 4.78 is 78.3. The van der Waals surface area contributed by atoms with E-state index in [9.17, 15) is 35.9 Å². The number of carbonyl (C=O) groups is 2. The lowest BCUT2D eigenvalue weighted by atomic mass is 9.94. The van der Waals surface area contributed by atoms with Gasteiger partial charge in [-0.1, -0.05) is 26.8 Å². The van der Waals surface area contributed by atoms with Gasteiger partial charge in [0.05, 0.1) is 11.1 Å². The number of nitrogens with zero attached hydrogens (tertiary/aromatic N) is 1. The zero-order chi connectivity index (χ0) is 24.1. The molecule has 2 amide bonds. The molecule has 0 atom stereocenters. The van der Waals surface area contributed by atoms with Crippen LogP contribution in [-0.4, -0.2) is 18.4 Å². The van der Waals surface area contributed by atoms with Crippen molar-refractivity contribution in [1.29, 1.82) is 0 Å². The quantitative estimate of drug-likeness (QED) is 0.569. The molecule has 0 unspecified atom stereocenters. The minimum Gasteiger partial charge on any atom is -0.322 e. The number of hydrogen-bond donors (Lipinski definition) is 1. The van der Waals surface area contributed by atoms with Crippen molar-refractivity contribution in [3.8, 4) is 0 Å². The Hall–Kier alpha value is -3.04. The monoisotopic (exact) mass is 458 g/mol. The van der Waals surface area contributed by atoms with Crippen molar-refractivity contribution in [2.24, 2.45) is 5.41 Å². The second-order valence-corrected chi connectivity index (χ2v) is 8.55. The van der Waals surface area contributed by atoms with Crippen molar-refractivity contribution in [3.05, 3.63) is 58.7 Å². The molecule has 0 saturated carbocycles. The van der Waals surface area contributed by atoms with Crippen LogP contribution in [-0.2, 0) is 23.6 Å². The zero-order valence-corrected chi connectivity index (χ0v) is 17.4. The van der Waals surface area contributed by atoms with E-state index in [1.807, 2.05) is 0 Å². The van der Waals surface area contributed by atoms with E-state index in [4.69, 9.17) is 0 Å². The van der Waals surface area contributed by atoms with Crippen LogP contribution in [0, 0.1) is 5.41 Å². The van der Waals surface area contributed by atoms with Gasteiger partial charge in [0.15, 0.2) is 0 Å². The Morgan fingerprint density at radius 1 is 0.875 bits per heavy atom. The maximum Gasteiger partial charge on any atom is 0.416 e. The first-order chi connectivity index (χ1) is 14.6. The minimum absolute atomic E-state index is 0.0395. The van der Waals surface area contributed by atoms with Gasteiger partial charge in [-0.05, 0) is 42.3 Å². The molecular weight excluding hydrogens is 438 g/mol. The molecule has 172 valence electrons. The Bertz CT molecular complexity index is 1040. The number of amides is 2. The fourth-order valence-electron chi connectivity index (χ4n) is 3.36. The predicted molar refractivity (Wildman–Crippen MR) is 106 cm³/mol. The highest BCUT2D eigenvalue weighted by molar-refractivity contribution is 6.05. The molecule has 0 aliphatic carbocycles. The fraction of sp³-hybridized carbons (Fsp3) is 0.364. The zero-order valence-electron chi connectivity index (χ0n) is 17.4. The Kier molecular flexibility index (Phi) is 5.78. The van der Waals surface area contributed by atoms with Crippen molar-refractivity contribution in [3.63, 3.8) is 0 Å². The van der Waals surface area contributed by atoms with Crippen LogP contribution in [0.3, 0.4) is 0 Å². The highest BCUT2D eigenvalue weighted by Crippen LogP contribution is 2.37. The summed E-state index contributed by atoms with van der Waals surface area (Å²) >= 11 is 0. The van der Waals surface area contributed by atoms with Crippen molar-refractivity contribution in [2.75, 3.05) is 16.8 Å². The summed E-state index contributed by atoms with van der Waals surface area (Å²) in [6, 6.07) is 5.33. The van der Waals surface area contributed by atoms with E-state index in [2.05, 4.69) is 5.32 Å². The lowest BCUT2D eigenvalue weighted by Crippen LogP contribution is -2.38. The van der Waals surface area contributed by atoms with E-state index < -0.39 is 40.4 Å². The molecule has 3 rings (SSSR count). The van der Waals surface area contributed by atoms with Crippen molar-refractivity contribution < 1.29 is 35.9 Å². The summed E-state index contributed by atoms with van der Waals surface area (Å²) in [4.78, 5) is 26.7. The third kappa shape index (κ3) is 4.89. The molecule has 2 aromatic carbocycles. The van der Waals surface area contributed by atoms with Crippen LogP contribution >= 0.6 is 0 Å². The smallest absolute Gasteiger partial charge is 0.322 e. The van der Waals surface area contributed by atoms with Gasteiger partial charge in [-0.15, -0.1) is 0 Å². The highest BCUT2D eigenvalue weighted by atomic mass is 19.4. The van der Waals surface area contributed by atoms with Crippen LogP contribution in [0.4, 0.5) is 37.7 Å². The number of benzene rings is 2. The summed E-state index contributed by atoms with van der Waals surface area (Å²) in [5, 5.41) is 2.33. The van der Waals surface area contributed by atoms with E-state index in [-0.39, 0.29) is 17.7 Å². The summed E-state index contributed by atoms with van der Waals surface area (Å²) in [5.74, 6) is -1.28. The molecule has 1 aliphatic rings. The molecule has 1 heterocycles. The molecule has 0 saturated heterocycles. The van der Waals surface area contributed by atoms with Gasteiger partial charge < -0.3 is 10.2 Å². The average molecular weight is 458 g/mol. The van der Waals surface area contributed by atoms with Gasteiger partial charge in [0.25, 0.3) is 5.91 Å². The maximum absolute atomic E-state index is 13.1. The molecule has 1 N–H and O–H groups in total. The van der Waals surface area contributed by atoms with Crippen molar-refractivity contribution in [2.45, 2.75) is 39.5 Å². The Morgan fingerprint density at radius 3 is 1.94 bits per heavy atom. The van der Waals surface area contributed by atoms with Crippen LogP contribution in [0.15, 0.2) is 36.4 Å². The number of alkyl halides is 6. The molecule has 0 spiro atoms. The first kappa shape index (κ1) is 23.6. The van der Waals surface area contributed by atoms with Crippen molar-refractivity contribution >= 4 is 23.2 Å². The number of halogens is 6. The predicted octanol–water partition coefficient (Wildman–Crippen LogP) is 5.91. The molecule has 10 heteroatoms. The number of anilines is 2. The molecule has 4 nitrogen and oxygen atoms in total. The van der Waals surface area contributed by atoms with Gasteiger partial charge in [0.1, 0.15) is 0 Å². The minimum atomic E-state index is -5.06. The van der Waals surface area contributed by atoms with Gasteiger partial charge in [-0.3, -0.25) is 9.59 Å². The normalized spacial score (nSPS) is 14.3. The molecule has 1 aliphatic heterocycles. The molecule has 0 aromatic heterocycles. The number of fused-ring (bicyclic) bond motifs is 1. The van der Waals surface area contributed by atoms with Crippen LogP contribution in [0.2, 0.25) is 0 Å². The second kappa shape index (κ2) is 7.83. The van der Waals surface area contributed by atoms with Crippen LogP contribution in [0.5, 0.6) is 0 Å². The Balaban J connectivity index is 1.93. The van der Waals surface area contributed by atoms with E-state index in [0.717, 1.165) is 5.56 Å². The second-order valence-electron chi connectivity index (χ2n) is 8.55. The lowest BCUT2D eigenvalue weighted by molar-refractivity contribution is -0.143. The number of rotatable bonds is 2. The maximum atomic E-state index is 13.1. The first-order valence-electron chi connectivity index (χ1n) is 9.63. The van der Waals surface area contributed by atoms with Crippen LogP contribution in [0.25, 0.3) is 0 Å². The van der Waals surface area contributed by atoms with Gasteiger partial charge in [-0.2, -0.15) is 26.3 Å². The number of carbonyl (C=O) groups excluding carboxylic acids is 2. The molecular formula is C22H20F6N2O2. The van der Waals surface area contributed by atoms with Gasteiger partial charge in [0.2, 0.25) is 5.91 Å². The largest absolute Gasteiger partial charge is 0.416 e. The fourth-order valence-corrected chi connectivity index (χ4v) is 3.36. The van der Waals surface area contributed by atoms with Gasteiger partial charge in [-0.25, -0.2) is 0 Å². The number of nitrogens with one attached hydrogen (secondary N) is 1. The average Bonchev–Trinajstić information content (AvgIpc) is 3.08. The topological polar surface area (TPSA) is 49.4 Å². The Morgan fingerprint density at radius 2 is 1.44 bits per heavy atom. The summed E-state index contributed by atoms with van der Waals surface area (Å²) in [7, 11) is 0. The number of hydrogen-bond acceptors (Lipinski definition) is 2. The third-order valence-electron chi connectivity index (χ3n) is 4.98. The van der Waals surface area contributed by atoms with Crippen LogP contribution in [0.1, 0.15) is 47.8 Å². The molecule has 2 aromatic rings.